The molecule has 1 aromatic heterocycles. The van der Waals surface area contributed by atoms with Crippen molar-refractivity contribution in [3.05, 3.63) is 22.4 Å². The van der Waals surface area contributed by atoms with Crippen LogP contribution in [0.3, 0.4) is 0 Å². The lowest BCUT2D eigenvalue weighted by Gasteiger charge is -2.06. The van der Waals surface area contributed by atoms with Gasteiger partial charge < -0.3 is 4.98 Å². The van der Waals surface area contributed by atoms with Crippen LogP contribution in [0, 0.1) is 0 Å². The molecular formula is C6H3BrCl3NO. The van der Waals surface area contributed by atoms with E-state index in [-0.39, 0.29) is 5.69 Å². The van der Waals surface area contributed by atoms with Crippen molar-refractivity contribution in [1.82, 2.24) is 4.98 Å². The summed E-state index contributed by atoms with van der Waals surface area (Å²) in [5.74, 6) is -0.571. The van der Waals surface area contributed by atoms with Crippen LogP contribution in [0.15, 0.2) is 16.7 Å². The largest absolute Gasteiger partial charge is 0.347 e. The Kier molecular flexibility index (Phi) is 3.10. The average molecular weight is 291 g/mol. The van der Waals surface area contributed by atoms with Gasteiger partial charge in [-0.15, -0.1) is 0 Å². The fourth-order valence-electron chi connectivity index (χ4n) is 0.654. The topological polar surface area (TPSA) is 32.9 Å². The van der Waals surface area contributed by atoms with Crippen LogP contribution in [0.25, 0.3) is 0 Å². The molecule has 6 heteroatoms. The number of aromatic amines is 1. The predicted molar refractivity (Wildman–Crippen MR) is 53.1 cm³/mol. The van der Waals surface area contributed by atoms with Gasteiger partial charge >= 0.3 is 0 Å². The summed E-state index contributed by atoms with van der Waals surface area (Å²) in [7, 11) is 0. The van der Waals surface area contributed by atoms with Crippen molar-refractivity contribution in [2.45, 2.75) is 3.79 Å². The maximum Gasteiger partial charge on any atom is 0.254 e. The number of halogens is 4. The molecule has 0 aromatic carbocycles. The van der Waals surface area contributed by atoms with Crippen molar-refractivity contribution in [3.63, 3.8) is 0 Å². The van der Waals surface area contributed by atoms with Gasteiger partial charge in [-0.1, -0.05) is 34.8 Å². The summed E-state index contributed by atoms with van der Waals surface area (Å²) in [5.41, 5.74) is 0.266. The van der Waals surface area contributed by atoms with E-state index in [9.17, 15) is 4.79 Å². The standard InChI is InChI=1S/C6H3BrCl3NO/c7-4-2-1-3(11-4)5(12)6(8,9)10/h1-2,11H. The molecule has 0 amide bonds. The van der Waals surface area contributed by atoms with Gasteiger partial charge in [0.25, 0.3) is 3.79 Å². The van der Waals surface area contributed by atoms with Gasteiger partial charge in [0.1, 0.15) is 0 Å². The number of carbonyl (C=O) groups excluding carboxylic acids is 1. The van der Waals surface area contributed by atoms with Crippen molar-refractivity contribution in [3.8, 4) is 0 Å². The zero-order chi connectivity index (χ0) is 9.35. The predicted octanol–water partition coefficient (Wildman–Crippen LogP) is 3.33. The van der Waals surface area contributed by atoms with Gasteiger partial charge in [-0.25, -0.2) is 0 Å². The summed E-state index contributed by atoms with van der Waals surface area (Å²) < 4.78 is -1.23. The highest BCUT2D eigenvalue weighted by Gasteiger charge is 2.32. The highest BCUT2D eigenvalue weighted by atomic mass is 79.9. The first kappa shape index (κ1) is 10.4. The molecule has 0 fully saturated rings. The van der Waals surface area contributed by atoms with Crippen molar-refractivity contribution >= 4 is 56.5 Å². The van der Waals surface area contributed by atoms with Gasteiger partial charge in [-0.2, -0.15) is 0 Å². The van der Waals surface area contributed by atoms with Gasteiger partial charge in [0.05, 0.1) is 10.3 Å². The van der Waals surface area contributed by atoms with Crippen LogP contribution in [0.2, 0.25) is 0 Å². The number of alkyl halides is 3. The number of hydrogen-bond donors (Lipinski definition) is 1. The molecule has 0 spiro atoms. The summed E-state index contributed by atoms with van der Waals surface area (Å²) >= 11 is 19.3. The molecule has 0 unspecified atom stereocenters. The molecule has 1 heterocycles. The fourth-order valence-corrected chi connectivity index (χ4v) is 1.30. The second-order valence-corrected chi connectivity index (χ2v) is 5.18. The summed E-state index contributed by atoms with van der Waals surface area (Å²) in [4.78, 5) is 13.9. The van der Waals surface area contributed by atoms with Crippen LogP contribution in [0.4, 0.5) is 0 Å². The van der Waals surface area contributed by atoms with Crippen molar-refractivity contribution in [2.75, 3.05) is 0 Å². The number of aromatic nitrogens is 1. The summed E-state index contributed by atoms with van der Waals surface area (Å²) in [6, 6.07) is 3.19. The normalized spacial score (nSPS) is 11.7. The smallest absolute Gasteiger partial charge is 0.254 e. The van der Waals surface area contributed by atoms with Crippen LogP contribution in [-0.2, 0) is 0 Å². The minimum Gasteiger partial charge on any atom is -0.347 e. The Labute approximate surface area is 92.3 Å². The number of rotatable bonds is 1. The Bertz CT molecular complexity index is 304. The van der Waals surface area contributed by atoms with Gasteiger partial charge in [0.2, 0.25) is 5.78 Å². The lowest BCUT2D eigenvalue weighted by atomic mass is 10.3. The molecule has 0 atom stereocenters. The van der Waals surface area contributed by atoms with Gasteiger partial charge in [-0.05, 0) is 28.1 Å². The molecule has 1 rings (SSSR count). The van der Waals surface area contributed by atoms with Crippen LogP contribution in [-0.4, -0.2) is 14.6 Å². The lowest BCUT2D eigenvalue weighted by molar-refractivity contribution is 0.0992. The molecule has 1 N–H and O–H groups in total. The Morgan fingerprint density at radius 3 is 2.33 bits per heavy atom. The van der Waals surface area contributed by atoms with Crippen LogP contribution in [0.5, 0.6) is 0 Å². The van der Waals surface area contributed by atoms with Crippen LogP contribution >= 0.6 is 50.7 Å². The van der Waals surface area contributed by atoms with Crippen molar-refractivity contribution in [1.29, 1.82) is 0 Å². The number of ketones is 1. The Hall–Kier alpha value is 0.300. The van der Waals surface area contributed by atoms with E-state index in [0.29, 0.717) is 4.60 Å². The molecule has 0 aliphatic rings. The quantitative estimate of drug-likeness (QED) is 0.625. The molecule has 0 saturated heterocycles. The monoisotopic (exact) mass is 289 g/mol. The first-order chi connectivity index (χ1) is 5.41. The highest BCUT2D eigenvalue weighted by Crippen LogP contribution is 2.30. The number of nitrogens with one attached hydrogen (secondary N) is 1. The lowest BCUT2D eigenvalue weighted by Crippen LogP contribution is -2.19. The Morgan fingerprint density at radius 2 is 2.00 bits per heavy atom. The maximum atomic E-state index is 11.2. The van der Waals surface area contributed by atoms with Gasteiger partial charge in [0, 0.05) is 0 Å². The minimum atomic E-state index is -1.90. The third kappa shape index (κ3) is 2.39. The van der Waals surface area contributed by atoms with E-state index in [1.54, 1.807) is 6.07 Å². The van der Waals surface area contributed by atoms with E-state index in [4.69, 9.17) is 34.8 Å². The maximum absolute atomic E-state index is 11.2. The number of H-pyrrole nitrogens is 1. The van der Waals surface area contributed by atoms with E-state index in [1.165, 1.54) is 6.07 Å². The van der Waals surface area contributed by atoms with Crippen LogP contribution in [0.1, 0.15) is 10.5 Å². The molecule has 66 valence electrons. The molecule has 0 saturated carbocycles. The highest BCUT2D eigenvalue weighted by molar-refractivity contribution is 9.10. The minimum absolute atomic E-state index is 0.266. The fraction of sp³-hybridized carbons (Fsp3) is 0.167. The third-order valence-electron chi connectivity index (χ3n) is 1.15. The first-order valence-electron chi connectivity index (χ1n) is 2.87. The number of Topliss-reactive ketones (excluding diaryl/α,β-unsaturated/α-hetero) is 1. The molecule has 2 nitrogen and oxygen atoms in total. The molecule has 12 heavy (non-hydrogen) atoms. The third-order valence-corrected chi connectivity index (χ3v) is 2.13. The molecular weight excluding hydrogens is 288 g/mol. The summed E-state index contributed by atoms with van der Waals surface area (Å²) in [6.45, 7) is 0. The Balaban J connectivity index is 2.93. The summed E-state index contributed by atoms with van der Waals surface area (Å²) in [6.07, 6.45) is 0. The first-order valence-corrected chi connectivity index (χ1v) is 4.80. The van der Waals surface area contributed by atoms with E-state index in [1.807, 2.05) is 0 Å². The zero-order valence-electron chi connectivity index (χ0n) is 5.57. The van der Waals surface area contributed by atoms with E-state index in [0.717, 1.165) is 0 Å². The van der Waals surface area contributed by atoms with Crippen molar-refractivity contribution < 1.29 is 4.79 Å². The average Bonchev–Trinajstić information content (AvgIpc) is 2.32. The second-order valence-electron chi connectivity index (χ2n) is 2.05. The zero-order valence-corrected chi connectivity index (χ0v) is 9.43. The molecule has 0 radical (unpaired) electrons. The van der Waals surface area contributed by atoms with E-state index < -0.39 is 9.58 Å². The molecule has 0 aliphatic carbocycles. The molecule has 0 bridgehead atoms. The Morgan fingerprint density at radius 1 is 1.42 bits per heavy atom. The van der Waals surface area contributed by atoms with Crippen LogP contribution < -0.4 is 0 Å². The van der Waals surface area contributed by atoms with Gasteiger partial charge in [-0.3, -0.25) is 4.79 Å². The van der Waals surface area contributed by atoms with E-state index in [2.05, 4.69) is 20.9 Å². The van der Waals surface area contributed by atoms with Crippen molar-refractivity contribution in [2.24, 2.45) is 0 Å². The molecule has 1 aromatic rings. The summed E-state index contributed by atoms with van der Waals surface area (Å²) in [5, 5.41) is 0. The molecule has 0 aliphatic heterocycles. The van der Waals surface area contributed by atoms with E-state index >= 15 is 0 Å². The second kappa shape index (κ2) is 3.58. The number of hydrogen-bond acceptors (Lipinski definition) is 1. The van der Waals surface area contributed by atoms with Gasteiger partial charge in [0.15, 0.2) is 0 Å². The SMILES string of the molecule is O=C(c1ccc(Br)[nH]1)C(Cl)(Cl)Cl. The number of carbonyl (C=O) groups is 1.